The van der Waals surface area contributed by atoms with E-state index in [0.29, 0.717) is 25.4 Å². The third-order valence-electron chi connectivity index (χ3n) is 4.91. The second kappa shape index (κ2) is 7.13. The highest BCUT2D eigenvalue weighted by Gasteiger charge is 2.35. The third kappa shape index (κ3) is 3.91. The van der Waals surface area contributed by atoms with Crippen LogP contribution in [0.1, 0.15) is 25.3 Å². The Morgan fingerprint density at radius 1 is 1.35 bits per heavy atom. The van der Waals surface area contributed by atoms with Crippen molar-refractivity contribution in [2.24, 2.45) is 11.8 Å². The predicted molar refractivity (Wildman–Crippen MR) is 88.5 cm³/mol. The van der Waals surface area contributed by atoms with Gasteiger partial charge in [-0.05, 0) is 31.0 Å². The highest BCUT2D eigenvalue weighted by molar-refractivity contribution is 5.89. The number of nitrogens with zero attached hydrogens (tertiary/aromatic N) is 1. The molecule has 2 amide bonds. The summed E-state index contributed by atoms with van der Waals surface area (Å²) in [5, 5.41) is 6.49. The van der Waals surface area contributed by atoms with Crippen molar-refractivity contribution in [3.63, 3.8) is 0 Å². The van der Waals surface area contributed by atoms with Crippen molar-refractivity contribution in [1.82, 2.24) is 15.5 Å². The molecule has 3 atom stereocenters. The van der Waals surface area contributed by atoms with Gasteiger partial charge in [-0.25, -0.2) is 0 Å². The first-order valence-corrected chi connectivity index (χ1v) is 8.46. The van der Waals surface area contributed by atoms with Crippen LogP contribution >= 0.6 is 0 Å². The van der Waals surface area contributed by atoms with Crippen molar-refractivity contribution < 1.29 is 9.59 Å². The van der Waals surface area contributed by atoms with Gasteiger partial charge in [0, 0.05) is 25.6 Å². The maximum Gasteiger partial charge on any atom is 0.225 e. The van der Waals surface area contributed by atoms with Gasteiger partial charge < -0.3 is 15.5 Å². The van der Waals surface area contributed by atoms with Crippen molar-refractivity contribution in [3.8, 4) is 0 Å². The summed E-state index contributed by atoms with van der Waals surface area (Å²) >= 11 is 0. The van der Waals surface area contributed by atoms with Gasteiger partial charge in [-0.3, -0.25) is 9.59 Å². The summed E-state index contributed by atoms with van der Waals surface area (Å²) in [7, 11) is 0. The van der Waals surface area contributed by atoms with Gasteiger partial charge in [0.1, 0.15) is 0 Å². The van der Waals surface area contributed by atoms with Crippen LogP contribution in [0.15, 0.2) is 30.3 Å². The molecule has 0 aromatic heterocycles. The molecule has 2 saturated heterocycles. The van der Waals surface area contributed by atoms with Crippen LogP contribution in [-0.2, 0) is 16.1 Å². The molecule has 3 rings (SSSR count). The minimum absolute atomic E-state index is 0.0349. The average Bonchev–Trinajstić information content (AvgIpc) is 2.92. The Morgan fingerprint density at radius 2 is 2.13 bits per heavy atom. The first-order chi connectivity index (χ1) is 11.1. The fraction of sp³-hybridized carbons (Fsp3) is 0.556. The Balaban J connectivity index is 1.55. The van der Waals surface area contributed by atoms with E-state index in [4.69, 9.17) is 0 Å². The zero-order valence-corrected chi connectivity index (χ0v) is 13.6. The lowest BCUT2D eigenvalue weighted by Gasteiger charge is -2.31. The lowest BCUT2D eigenvalue weighted by atomic mass is 9.94. The lowest BCUT2D eigenvalue weighted by molar-refractivity contribution is -0.129. The second-order valence-corrected chi connectivity index (χ2v) is 6.75. The molecule has 0 saturated carbocycles. The molecule has 0 radical (unpaired) electrons. The number of amides is 2. The number of carbonyl (C=O) groups is 2. The van der Waals surface area contributed by atoms with Crippen LogP contribution in [0.5, 0.6) is 0 Å². The fourth-order valence-electron chi connectivity index (χ4n) is 3.43. The predicted octanol–water partition coefficient (Wildman–Crippen LogP) is 1.15. The number of hydrogen-bond acceptors (Lipinski definition) is 3. The fourth-order valence-corrected chi connectivity index (χ4v) is 3.43. The van der Waals surface area contributed by atoms with Gasteiger partial charge in [0.25, 0.3) is 0 Å². The van der Waals surface area contributed by atoms with Crippen LogP contribution in [0, 0.1) is 11.8 Å². The molecule has 124 valence electrons. The molecule has 5 nitrogen and oxygen atoms in total. The van der Waals surface area contributed by atoms with E-state index in [1.807, 2.05) is 30.3 Å². The molecule has 0 bridgehead atoms. The highest BCUT2D eigenvalue weighted by atomic mass is 16.2. The SMILES string of the molecule is CC1CNCCC1NC(=O)C1CC(=O)N(Cc2ccccc2)C1. The van der Waals surface area contributed by atoms with Crippen molar-refractivity contribution in [3.05, 3.63) is 35.9 Å². The van der Waals surface area contributed by atoms with Crippen LogP contribution in [0.2, 0.25) is 0 Å². The Kier molecular flexibility index (Phi) is 4.96. The Bertz CT molecular complexity index is 561. The van der Waals surface area contributed by atoms with Crippen LogP contribution in [0.4, 0.5) is 0 Å². The molecule has 2 aliphatic heterocycles. The highest BCUT2D eigenvalue weighted by Crippen LogP contribution is 2.21. The summed E-state index contributed by atoms with van der Waals surface area (Å²) in [5.41, 5.74) is 1.11. The molecule has 1 aromatic rings. The van der Waals surface area contributed by atoms with Crippen LogP contribution in [0.3, 0.4) is 0 Å². The molecule has 2 heterocycles. The van der Waals surface area contributed by atoms with Gasteiger partial charge in [-0.15, -0.1) is 0 Å². The van der Waals surface area contributed by atoms with Crippen LogP contribution in [0.25, 0.3) is 0 Å². The van der Waals surface area contributed by atoms with Gasteiger partial charge in [0.2, 0.25) is 11.8 Å². The normalized spacial score (nSPS) is 28.0. The lowest BCUT2D eigenvalue weighted by Crippen LogP contribution is -2.50. The van der Waals surface area contributed by atoms with Gasteiger partial charge in [0.15, 0.2) is 0 Å². The standard InChI is InChI=1S/C18H25N3O2/c1-13-10-19-8-7-16(13)20-18(23)15-9-17(22)21(12-15)11-14-5-3-2-4-6-14/h2-6,13,15-16,19H,7-12H2,1H3,(H,20,23). The monoisotopic (exact) mass is 315 g/mol. The van der Waals surface area contributed by atoms with E-state index in [2.05, 4.69) is 17.6 Å². The smallest absolute Gasteiger partial charge is 0.225 e. The molecular weight excluding hydrogens is 290 g/mol. The minimum atomic E-state index is -0.215. The van der Waals surface area contributed by atoms with E-state index in [-0.39, 0.29) is 23.8 Å². The molecular formula is C18H25N3O2. The van der Waals surface area contributed by atoms with Gasteiger partial charge in [0.05, 0.1) is 5.92 Å². The number of rotatable bonds is 4. The van der Waals surface area contributed by atoms with Gasteiger partial charge >= 0.3 is 0 Å². The summed E-state index contributed by atoms with van der Waals surface area (Å²) in [6, 6.07) is 10.2. The summed E-state index contributed by atoms with van der Waals surface area (Å²) in [4.78, 5) is 26.5. The van der Waals surface area contributed by atoms with E-state index in [1.165, 1.54) is 0 Å². The van der Waals surface area contributed by atoms with E-state index in [9.17, 15) is 9.59 Å². The zero-order chi connectivity index (χ0) is 16.2. The molecule has 1 aromatic carbocycles. The van der Waals surface area contributed by atoms with Crippen molar-refractivity contribution in [2.75, 3.05) is 19.6 Å². The molecule has 0 aliphatic carbocycles. The Morgan fingerprint density at radius 3 is 2.87 bits per heavy atom. The Hall–Kier alpha value is -1.88. The number of carbonyl (C=O) groups excluding carboxylic acids is 2. The maximum atomic E-state index is 12.5. The van der Waals surface area contributed by atoms with Gasteiger partial charge in [-0.1, -0.05) is 37.3 Å². The first-order valence-electron chi connectivity index (χ1n) is 8.46. The Labute approximate surface area is 137 Å². The number of piperidine rings is 1. The molecule has 2 N–H and O–H groups in total. The van der Waals surface area contributed by atoms with E-state index >= 15 is 0 Å². The van der Waals surface area contributed by atoms with Crippen molar-refractivity contribution in [1.29, 1.82) is 0 Å². The molecule has 23 heavy (non-hydrogen) atoms. The largest absolute Gasteiger partial charge is 0.353 e. The van der Waals surface area contributed by atoms with Gasteiger partial charge in [-0.2, -0.15) is 0 Å². The minimum Gasteiger partial charge on any atom is -0.353 e. The topological polar surface area (TPSA) is 61.4 Å². The number of benzene rings is 1. The summed E-state index contributed by atoms with van der Waals surface area (Å²) in [6.07, 6.45) is 1.29. The quantitative estimate of drug-likeness (QED) is 0.876. The molecule has 2 aliphatic rings. The summed E-state index contributed by atoms with van der Waals surface area (Å²) in [6.45, 7) is 5.15. The average molecular weight is 315 g/mol. The van der Waals surface area contributed by atoms with E-state index < -0.39 is 0 Å². The molecule has 0 spiro atoms. The van der Waals surface area contributed by atoms with Crippen molar-refractivity contribution in [2.45, 2.75) is 32.4 Å². The van der Waals surface area contributed by atoms with Crippen LogP contribution < -0.4 is 10.6 Å². The van der Waals surface area contributed by atoms with E-state index in [0.717, 1.165) is 25.1 Å². The number of hydrogen-bond donors (Lipinski definition) is 2. The first kappa shape index (κ1) is 16.0. The molecule has 3 unspecified atom stereocenters. The maximum absolute atomic E-state index is 12.5. The van der Waals surface area contributed by atoms with E-state index in [1.54, 1.807) is 4.90 Å². The summed E-state index contributed by atoms with van der Waals surface area (Å²) < 4.78 is 0. The number of nitrogens with one attached hydrogen (secondary N) is 2. The van der Waals surface area contributed by atoms with Crippen LogP contribution in [-0.4, -0.2) is 42.4 Å². The van der Waals surface area contributed by atoms with Crippen molar-refractivity contribution >= 4 is 11.8 Å². The zero-order valence-electron chi connectivity index (χ0n) is 13.6. The summed E-state index contributed by atoms with van der Waals surface area (Å²) in [5.74, 6) is 0.332. The molecule has 2 fully saturated rings. The number of likely N-dealkylation sites (tertiary alicyclic amines) is 1. The third-order valence-corrected chi connectivity index (χ3v) is 4.91. The second-order valence-electron chi connectivity index (χ2n) is 6.75. The molecule has 5 heteroatoms.